The molecule has 20 heavy (non-hydrogen) atoms. The highest BCUT2D eigenvalue weighted by Crippen LogP contribution is 2.21. The van der Waals surface area contributed by atoms with Gasteiger partial charge in [-0.05, 0) is 43.5 Å². The zero-order valence-electron chi connectivity index (χ0n) is 11.5. The van der Waals surface area contributed by atoms with E-state index in [1.165, 1.54) is 4.88 Å². The number of hydrogen-bond acceptors (Lipinski definition) is 3. The molecule has 2 aromatic rings. The van der Waals surface area contributed by atoms with Crippen LogP contribution in [0.5, 0.6) is 0 Å². The van der Waals surface area contributed by atoms with Crippen molar-refractivity contribution in [1.29, 1.82) is 0 Å². The molecule has 1 amide bonds. The van der Waals surface area contributed by atoms with Crippen LogP contribution in [0.15, 0.2) is 40.2 Å². The van der Waals surface area contributed by atoms with Crippen molar-refractivity contribution in [3.8, 4) is 0 Å². The van der Waals surface area contributed by atoms with Crippen LogP contribution in [0.4, 0.5) is 5.69 Å². The van der Waals surface area contributed by atoms with Crippen molar-refractivity contribution in [2.75, 3.05) is 5.73 Å². The first-order valence-corrected chi connectivity index (χ1v) is 8.04. The second-order valence-electron chi connectivity index (χ2n) is 4.88. The van der Waals surface area contributed by atoms with E-state index in [-0.39, 0.29) is 11.9 Å². The lowest BCUT2D eigenvalue weighted by atomic mass is 10.1. The minimum Gasteiger partial charge on any atom is -0.399 e. The summed E-state index contributed by atoms with van der Waals surface area (Å²) >= 11 is 5.04. The molecule has 1 aromatic heterocycles. The van der Waals surface area contributed by atoms with E-state index >= 15 is 0 Å². The summed E-state index contributed by atoms with van der Waals surface area (Å²) in [5.74, 6) is 0.00130. The molecule has 0 radical (unpaired) electrons. The van der Waals surface area contributed by atoms with Crippen molar-refractivity contribution in [2.45, 2.75) is 26.4 Å². The van der Waals surface area contributed by atoms with Crippen molar-refractivity contribution in [3.63, 3.8) is 0 Å². The van der Waals surface area contributed by atoms with Crippen molar-refractivity contribution >= 4 is 38.9 Å². The zero-order chi connectivity index (χ0) is 14.7. The molecule has 0 spiro atoms. The summed E-state index contributed by atoms with van der Waals surface area (Å²) in [5, 5.41) is 2.02. The number of halogens is 1. The molecule has 0 aliphatic rings. The third-order valence-corrected chi connectivity index (χ3v) is 4.28. The Bertz CT molecular complexity index is 576. The number of hydrogen-bond donors (Lipinski definition) is 1. The predicted molar refractivity (Wildman–Crippen MR) is 87.9 cm³/mol. The van der Waals surface area contributed by atoms with Crippen LogP contribution in [0.25, 0.3) is 0 Å². The average molecular weight is 353 g/mol. The van der Waals surface area contributed by atoms with Gasteiger partial charge in [-0.2, -0.15) is 0 Å². The lowest BCUT2D eigenvalue weighted by Crippen LogP contribution is -2.36. The molecule has 0 unspecified atom stereocenters. The van der Waals surface area contributed by atoms with Crippen molar-refractivity contribution < 1.29 is 4.79 Å². The molecule has 0 atom stereocenters. The Balaban J connectivity index is 2.26. The van der Waals surface area contributed by atoms with Gasteiger partial charge in [0.25, 0.3) is 5.91 Å². The summed E-state index contributed by atoms with van der Waals surface area (Å²) in [7, 11) is 0. The Morgan fingerprint density at radius 3 is 2.70 bits per heavy atom. The normalized spacial score (nSPS) is 10.8. The number of amides is 1. The maximum absolute atomic E-state index is 12.7. The van der Waals surface area contributed by atoms with Crippen LogP contribution >= 0.6 is 27.3 Å². The number of thiophene rings is 1. The molecule has 3 nitrogen and oxygen atoms in total. The lowest BCUT2D eigenvalue weighted by Gasteiger charge is -2.26. The van der Waals surface area contributed by atoms with E-state index in [1.807, 2.05) is 42.3 Å². The summed E-state index contributed by atoms with van der Waals surface area (Å²) in [5.41, 5.74) is 7.01. The summed E-state index contributed by atoms with van der Waals surface area (Å²) in [4.78, 5) is 15.7. The average Bonchev–Trinajstić information content (AvgIpc) is 2.86. The van der Waals surface area contributed by atoms with Gasteiger partial charge in [0, 0.05) is 26.6 Å². The van der Waals surface area contributed by atoms with E-state index in [0.717, 1.165) is 4.47 Å². The molecule has 1 heterocycles. The standard InChI is InChI=1S/C15H17BrN2OS/c1-10(2)18(9-14-4-3-5-20-14)15(19)11-6-12(16)8-13(17)7-11/h3-8,10H,9,17H2,1-2H3. The molecule has 0 aliphatic carbocycles. The monoisotopic (exact) mass is 352 g/mol. The summed E-state index contributed by atoms with van der Waals surface area (Å²) < 4.78 is 0.820. The quantitative estimate of drug-likeness (QED) is 0.840. The van der Waals surface area contributed by atoms with Gasteiger partial charge in [0.2, 0.25) is 0 Å². The second kappa shape index (κ2) is 6.41. The van der Waals surface area contributed by atoms with E-state index in [9.17, 15) is 4.79 Å². The number of nitrogens with two attached hydrogens (primary N) is 1. The van der Waals surface area contributed by atoms with E-state index in [1.54, 1.807) is 23.5 Å². The van der Waals surface area contributed by atoms with Crippen LogP contribution in [0.3, 0.4) is 0 Å². The first-order chi connectivity index (χ1) is 9.47. The smallest absolute Gasteiger partial charge is 0.254 e. The molecule has 5 heteroatoms. The SMILES string of the molecule is CC(C)N(Cc1cccs1)C(=O)c1cc(N)cc(Br)c1. The third kappa shape index (κ3) is 3.61. The zero-order valence-corrected chi connectivity index (χ0v) is 13.9. The van der Waals surface area contributed by atoms with Crippen LogP contribution in [0, 0.1) is 0 Å². The van der Waals surface area contributed by atoms with Crippen LogP contribution in [0.1, 0.15) is 29.1 Å². The van der Waals surface area contributed by atoms with Crippen molar-refractivity contribution in [2.24, 2.45) is 0 Å². The van der Waals surface area contributed by atoms with Gasteiger partial charge >= 0.3 is 0 Å². The fraction of sp³-hybridized carbons (Fsp3) is 0.267. The highest BCUT2D eigenvalue weighted by atomic mass is 79.9. The predicted octanol–water partition coefficient (Wildman–Crippen LogP) is 4.14. The summed E-state index contributed by atoms with van der Waals surface area (Å²) in [6.45, 7) is 4.67. The Hall–Kier alpha value is -1.33. The van der Waals surface area contributed by atoms with Crippen molar-refractivity contribution in [1.82, 2.24) is 4.90 Å². The maximum atomic E-state index is 12.7. The number of nitrogens with zero attached hydrogens (tertiary/aromatic N) is 1. The van der Waals surface area contributed by atoms with Crippen LogP contribution < -0.4 is 5.73 Å². The highest BCUT2D eigenvalue weighted by molar-refractivity contribution is 9.10. The fourth-order valence-corrected chi connectivity index (χ4v) is 3.17. The molecule has 2 N–H and O–H groups in total. The van der Waals surface area contributed by atoms with Gasteiger partial charge in [0.1, 0.15) is 0 Å². The van der Waals surface area contributed by atoms with Crippen molar-refractivity contribution in [3.05, 3.63) is 50.6 Å². The lowest BCUT2D eigenvalue weighted by molar-refractivity contribution is 0.0692. The number of carbonyl (C=O) groups is 1. The first kappa shape index (κ1) is 15.1. The van der Waals surface area contributed by atoms with E-state index in [2.05, 4.69) is 15.9 Å². The Morgan fingerprint density at radius 1 is 1.40 bits per heavy atom. The van der Waals surface area contributed by atoms with Gasteiger partial charge in [-0.25, -0.2) is 0 Å². The van der Waals surface area contributed by atoms with Crippen LogP contribution in [0.2, 0.25) is 0 Å². The molecular formula is C15H17BrN2OS. The summed E-state index contributed by atoms with van der Waals surface area (Å²) in [6.07, 6.45) is 0. The fourth-order valence-electron chi connectivity index (χ4n) is 1.96. The minimum absolute atomic E-state index is 0.00130. The maximum Gasteiger partial charge on any atom is 0.254 e. The van der Waals surface area contributed by atoms with Gasteiger partial charge in [-0.1, -0.05) is 22.0 Å². The molecule has 0 fully saturated rings. The Kier molecular flexibility index (Phi) is 4.83. The van der Waals surface area contributed by atoms with Gasteiger partial charge < -0.3 is 10.6 Å². The van der Waals surface area contributed by atoms with Gasteiger partial charge in [0.05, 0.1) is 6.54 Å². The topological polar surface area (TPSA) is 46.3 Å². The van der Waals surface area contributed by atoms with Gasteiger partial charge in [-0.3, -0.25) is 4.79 Å². The number of benzene rings is 1. The number of anilines is 1. The molecule has 0 bridgehead atoms. The first-order valence-electron chi connectivity index (χ1n) is 6.37. The summed E-state index contributed by atoms with van der Waals surface area (Å²) in [6, 6.07) is 9.49. The van der Waals surface area contributed by atoms with Crippen LogP contribution in [-0.4, -0.2) is 16.8 Å². The number of carbonyl (C=O) groups excluding carboxylic acids is 1. The third-order valence-electron chi connectivity index (χ3n) is 2.96. The van der Waals surface area contributed by atoms with E-state index in [4.69, 9.17) is 5.73 Å². The molecule has 2 rings (SSSR count). The highest BCUT2D eigenvalue weighted by Gasteiger charge is 2.20. The van der Waals surface area contributed by atoms with Gasteiger partial charge in [0.15, 0.2) is 0 Å². The molecule has 1 aromatic carbocycles. The number of nitrogen functional groups attached to an aromatic ring is 1. The van der Waals surface area contributed by atoms with Gasteiger partial charge in [-0.15, -0.1) is 11.3 Å². The molecule has 106 valence electrons. The largest absolute Gasteiger partial charge is 0.399 e. The Morgan fingerprint density at radius 2 is 2.15 bits per heavy atom. The second-order valence-corrected chi connectivity index (χ2v) is 6.83. The molecule has 0 saturated carbocycles. The Labute approximate surface area is 131 Å². The molecule has 0 saturated heterocycles. The minimum atomic E-state index is 0.00130. The van der Waals surface area contributed by atoms with Crippen LogP contribution in [-0.2, 0) is 6.54 Å². The molecule has 0 aliphatic heterocycles. The molecular weight excluding hydrogens is 336 g/mol. The number of rotatable bonds is 4. The van der Waals surface area contributed by atoms with E-state index in [0.29, 0.717) is 17.8 Å². The van der Waals surface area contributed by atoms with E-state index < -0.39 is 0 Å².